The van der Waals surface area contributed by atoms with Crippen LogP contribution in [0.5, 0.6) is 0 Å². The highest BCUT2D eigenvalue weighted by Crippen LogP contribution is 2.08. The molecule has 0 radical (unpaired) electrons. The minimum absolute atomic E-state index is 0.148. The maximum Gasteiger partial charge on any atom is 0.329 e. The van der Waals surface area contributed by atoms with Gasteiger partial charge in [-0.2, -0.15) is 5.10 Å². The number of furan rings is 1. The zero-order valence-electron chi connectivity index (χ0n) is 10.9. The summed E-state index contributed by atoms with van der Waals surface area (Å²) in [5.74, 6) is -1.05. The number of benzene rings is 1. The van der Waals surface area contributed by atoms with Crippen LogP contribution in [0.1, 0.15) is 11.3 Å². The van der Waals surface area contributed by atoms with Gasteiger partial charge in [0.25, 0.3) is 0 Å². The molecular weight excluding hydrogens is 338 g/mol. The standard InChI is InChI=1S/C14H12BrN3O3/c15-11-5-3-10(4-6-11)8-17-18-14(20)13(19)16-9-12-2-1-7-21-12/h1-8H,9H2,(H,16,19)(H,18,20)/b17-8-. The third-order valence-corrected chi connectivity index (χ3v) is 2.99. The largest absolute Gasteiger partial charge is 0.467 e. The van der Waals surface area contributed by atoms with Crippen molar-refractivity contribution in [3.05, 3.63) is 58.5 Å². The number of rotatable bonds is 4. The van der Waals surface area contributed by atoms with E-state index in [4.69, 9.17) is 4.42 Å². The van der Waals surface area contributed by atoms with Gasteiger partial charge in [-0.25, -0.2) is 5.43 Å². The van der Waals surface area contributed by atoms with E-state index in [1.165, 1.54) is 12.5 Å². The van der Waals surface area contributed by atoms with E-state index in [9.17, 15) is 9.59 Å². The lowest BCUT2D eigenvalue weighted by Gasteiger charge is -2.01. The first-order chi connectivity index (χ1) is 10.1. The van der Waals surface area contributed by atoms with Gasteiger partial charge >= 0.3 is 11.8 Å². The number of nitrogens with one attached hydrogen (secondary N) is 2. The molecule has 0 atom stereocenters. The fourth-order valence-electron chi connectivity index (χ4n) is 1.43. The Hall–Kier alpha value is -2.41. The van der Waals surface area contributed by atoms with E-state index in [2.05, 4.69) is 31.8 Å². The number of halogens is 1. The number of carbonyl (C=O) groups excluding carboxylic acids is 2. The monoisotopic (exact) mass is 349 g/mol. The molecule has 2 amide bonds. The lowest BCUT2D eigenvalue weighted by atomic mass is 10.2. The predicted molar refractivity (Wildman–Crippen MR) is 80.4 cm³/mol. The van der Waals surface area contributed by atoms with Crippen LogP contribution in [0.3, 0.4) is 0 Å². The third kappa shape index (κ3) is 4.88. The van der Waals surface area contributed by atoms with Crippen LogP contribution < -0.4 is 10.7 Å². The maximum atomic E-state index is 11.5. The summed E-state index contributed by atoms with van der Waals surface area (Å²) < 4.78 is 5.98. The maximum absolute atomic E-state index is 11.5. The molecule has 0 saturated carbocycles. The molecule has 1 aromatic heterocycles. The van der Waals surface area contributed by atoms with Crippen LogP contribution in [0.4, 0.5) is 0 Å². The topological polar surface area (TPSA) is 83.7 Å². The highest BCUT2D eigenvalue weighted by molar-refractivity contribution is 9.10. The van der Waals surface area contributed by atoms with E-state index in [-0.39, 0.29) is 6.54 Å². The molecule has 2 aromatic rings. The van der Waals surface area contributed by atoms with Gasteiger partial charge in [0.2, 0.25) is 0 Å². The first kappa shape index (κ1) is 15.0. The minimum Gasteiger partial charge on any atom is -0.467 e. The molecule has 0 aliphatic heterocycles. The van der Waals surface area contributed by atoms with Gasteiger partial charge in [-0.3, -0.25) is 9.59 Å². The molecule has 2 rings (SSSR count). The number of amides is 2. The second kappa shape index (κ2) is 7.39. The molecule has 2 N–H and O–H groups in total. The average Bonchev–Trinajstić information content (AvgIpc) is 3.00. The molecule has 0 unspecified atom stereocenters. The number of carbonyl (C=O) groups is 2. The van der Waals surface area contributed by atoms with Crippen LogP contribution in [-0.2, 0) is 16.1 Å². The third-order valence-electron chi connectivity index (χ3n) is 2.46. The molecule has 21 heavy (non-hydrogen) atoms. The van der Waals surface area contributed by atoms with Gasteiger partial charge in [0, 0.05) is 4.47 Å². The first-order valence-corrected chi connectivity index (χ1v) is 6.83. The van der Waals surface area contributed by atoms with E-state index in [1.807, 2.05) is 24.3 Å². The van der Waals surface area contributed by atoms with E-state index in [1.54, 1.807) is 12.1 Å². The van der Waals surface area contributed by atoms with Crippen molar-refractivity contribution < 1.29 is 14.0 Å². The van der Waals surface area contributed by atoms with Crippen LogP contribution in [0.15, 0.2) is 56.7 Å². The lowest BCUT2D eigenvalue weighted by molar-refractivity contribution is -0.139. The Balaban J connectivity index is 1.78. The summed E-state index contributed by atoms with van der Waals surface area (Å²) in [5.41, 5.74) is 2.95. The highest BCUT2D eigenvalue weighted by atomic mass is 79.9. The summed E-state index contributed by atoms with van der Waals surface area (Å²) in [6.07, 6.45) is 2.94. The average molecular weight is 350 g/mol. The molecule has 1 aromatic carbocycles. The van der Waals surface area contributed by atoms with Gasteiger partial charge in [-0.15, -0.1) is 0 Å². The number of hydrazone groups is 1. The fourth-order valence-corrected chi connectivity index (χ4v) is 1.69. The van der Waals surface area contributed by atoms with Crippen molar-refractivity contribution in [2.75, 3.05) is 0 Å². The summed E-state index contributed by atoms with van der Waals surface area (Å²) in [5, 5.41) is 6.13. The van der Waals surface area contributed by atoms with Crippen molar-refractivity contribution in [3.63, 3.8) is 0 Å². The van der Waals surface area contributed by atoms with E-state index in [0.717, 1.165) is 10.0 Å². The molecular formula is C14H12BrN3O3. The number of nitrogens with zero attached hydrogens (tertiary/aromatic N) is 1. The Morgan fingerprint density at radius 3 is 2.62 bits per heavy atom. The van der Waals surface area contributed by atoms with Crippen LogP contribution in [0.25, 0.3) is 0 Å². The van der Waals surface area contributed by atoms with Crippen molar-refractivity contribution in [2.24, 2.45) is 5.10 Å². The quantitative estimate of drug-likeness (QED) is 0.501. The SMILES string of the molecule is O=C(NCc1ccco1)C(=O)N/N=C\c1ccc(Br)cc1. The zero-order chi connectivity index (χ0) is 15.1. The Labute approximate surface area is 129 Å². The smallest absolute Gasteiger partial charge is 0.329 e. The molecule has 0 aliphatic carbocycles. The minimum atomic E-state index is -0.838. The number of hydrogen-bond acceptors (Lipinski definition) is 4. The molecule has 0 saturated heterocycles. The van der Waals surface area contributed by atoms with Crippen molar-refractivity contribution in [3.8, 4) is 0 Å². The Morgan fingerprint density at radius 1 is 1.19 bits per heavy atom. The van der Waals surface area contributed by atoms with E-state index in [0.29, 0.717) is 5.76 Å². The Morgan fingerprint density at radius 2 is 1.95 bits per heavy atom. The normalized spacial score (nSPS) is 10.5. The van der Waals surface area contributed by atoms with Gasteiger partial charge in [0.1, 0.15) is 5.76 Å². The Kier molecular flexibility index (Phi) is 5.28. The van der Waals surface area contributed by atoms with Gasteiger partial charge in [-0.1, -0.05) is 28.1 Å². The summed E-state index contributed by atoms with van der Waals surface area (Å²) in [6, 6.07) is 10.7. The van der Waals surface area contributed by atoms with Crippen molar-refractivity contribution >= 4 is 34.0 Å². The summed E-state index contributed by atoms with van der Waals surface area (Å²) >= 11 is 3.31. The summed E-state index contributed by atoms with van der Waals surface area (Å²) in [6.45, 7) is 0.148. The van der Waals surface area contributed by atoms with Gasteiger partial charge in [0.05, 0.1) is 19.0 Å². The number of hydrogen-bond donors (Lipinski definition) is 2. The lowest BCUT2D eigenvalue weighted by Crippen LogP contribution is -2.37. The van der Waals surface area contributed by atoms with Crippen LogP contribution in [0, 0.1) is 0 Å². The molecule has 1 heterocycles. The van der Waals surface area contributed by atoms with Crippen LogP contribution in [-0.4, -0.2) is 18.0 Å². The van der Waals surface area contributed by atoms with Crippen LogP contribution in [0.2, 0.25) is 0 Å². The molecule has 0 spiro atoms. The van der Waals surface area contributed by atoms with Gasteiger partial charge in [-0.05, 0) is 29.8 Å². The molecule has 0 bridgehead atoms. The van der Waals surface area contributed by atoms with Crippen LogP contribution >= 0.6 is 15.9 Å². The zero-order valence-corrected chi connectivity index (χ0v) is 12.5. The molecule has 6 nitrogen and oxygen atoms in total. The summed E-state index contributed by atoms with van der Waals surface area (Å²) in [7, 11) is 0. The second-order valence-corrected chi connectivity index (χ2v) is 4.93. The first-order valence-electron chi connectivity index (χ1n) is 6.04. The Bertz CT molecular complexity index is 636. The fraction of sp³-hybridized carbons (Fsp3) is 0.0714. The molecule has 0 aliphatic rings. The van der Waals surface area contributed by atoms with E-state index < -0.39 is 11.8 Å². The van der Waals surface area contributed by atoms with Crippen molar-refractivity contribution in [1.82, 2.24) is 10.7 Å². The van der Waals surface area contributed by atoms with Gasteiger partial charge in [0.15, 0.2) is 0 Å². The van der Waals surface area contributed by atoms with Crippen molar-refractivity contribution in [1.29, 1.82) is 0 Å². The van der Waals surface area contributed by atoms with Gasteiger partial charge < -0.3 is 9.73 Å². The summed E-state index contributed by atoms with van der Waals surface area (Å²) in [4.78, 5) is 23.0. The molecule has 7 heteroatoms. The van der Waals surface area contributed by atoms with E-state index >= 15 is 0 Å². The second-order valence-electron chi connectivity index (χ2n) is 4.01. The molecule has 0 fully saturated rings. The highest BCUT2D eigenvalue weighted by Gasteiger charge is 2.12. The predicted octanol–water partition coefficient (Wildman–Crippen LogP) is 1.81. The van der Waals surface area contributed by atoms with Crippen molar-refractivity contribution in [2.45, 2.75) is 6.54 Å². The molecule has 108 valence electrons.